The summed E-state index contributed by atoms with van der Waals surface area (Å²) in [5.74, 6) is 0. The molecule has 0 spiro atoms. The molecule has 0 aromatic heterocycles. The quantitative estimate of drug-likeness (QED) is 0.643. The van der Waals surface area contributed by atoms with Gasteiger partial charge in [-0.25, -0.2) is 8.42 Å². The van der Waals surface area contributed by atoms with E-state index < -0.39 is 10.0 Å². The predicted octanol–water partition coefficient (Wildman–Crippen LogP) is 3.57. The zero-order valence-corrected chi connectivity index (χ0v) is 15.8. The SMILES string of the molecule is CNCc1ccc(S(=O)(=O)Nc2cccc(I)c2)c(Br)c1. The molecule has 0 aliphatic rings. The summed E-state index contributed by atoms with van der Waals surface area (Å²) in [7, 11) is -1.77. The van der Waals surface area contributed by atoms with Gasteiger partial charge in [-0.1, -0.05) is 12.1 Å². The molecule has 7 heteroatoms. The Kier molecular flexibility index (Phi) is 5.64. The van der Waals surface area contributed by atoms with Crippen LogP contribution < -0.4 is 10.0 Å². The van der Waals surface area contributed by atoms with Crippen LogP contribution in [0.25, 0.3) is 0 Å². The predicted molar refractivity (Wildman–Crippen MR) is 96.9 cm³/mol. The summed E-state index contributed by atoms with van der Waals surface area (Å²) in [4.78, 5) is 0.223. The zero-order valence-electron chi connectivity index (χ0n) is 11.2. The van der Waals surface area contributed by atoms with Crippen LogP contribution in [0.1, 0.15) is 5.56 Å². The number of halogens is 2. The molecule has 0 amide bonds. The maximum Gasteiger partial charge on any atom is 0.263 e. The van der Waals surface area contributed by atoms with Gasteiger partial charge in [-0.05, 0) is 81.5 Å². The van der Waals surface area contributed by atoms with Crippen molar-refractivity contribution in [2.45, 2.75) is 11.4 Å². The average Bonchev–Trinajstić information content (AvgIpc) is 2.38. The lowest BCUT2D eigenvalue weighted by molar-refractivity contribution is 0.600. The molecular weight excluding hydrogens is 467 g/mol. The Balaban J connectivity index is 2.31. The molecule has 0 bridgehead atoms. The van der Waals surface area contributed by atoms with Crippen molar-refractivity contribution in [3.05, 3.63) is 56.1 Å². The molecule has 0 heterocycles. The van der Waals surface area contributed by atoms with Crippen LogP contribution in [-0.4, -0.2) is 15.5 Å². The van der Waals surface area contributed by atoms with Gasteiger partial charge in [0.25, 0.3) is 10.0 Å². The number of rotatable bonds is 5. The van der Waals surface area contributed by atoms with E-state index in [0.717, 1.165) is 9.13 Å². The lowest BCUT2D eigenvalue weighted by Gasteiger charge is -2.11. The van der Waals surface area contributed by atoms with Gasteiger partial charge in [-0.3, -0.25) is 4.72 Å². The minimum Gasteiger partial charge on any atom is -0.316 e. The van der Waals surface area contributed by atoms with Crippen LogP contribution in [0.5, 0.6) is 0 Å². The lowest BCUT2D eigenvalue weighted by Crippen LogP contribution is -2.14. The Labute approximate surface area is 146 Å². The van der Waals surface area contributed by atoms with Crippen LogP contribution in [0.15, 0.2) is 51.8 Å². The van der Waals surface area contributed by atoms with E-state index in [1.807, 2.05) is 19.2 Å². The number of nitrogens with one attached hydrogen (secondary N) is 2. The second-order valence-corrected chi connectivity index (χ2v) is 8.16. The van der Waals surface area contributed by atoms with Crippen molar-refractivity contribution in [1.29, 1.82) is 0 Å². The van der Waals surface area contributed by atoms with Crippen LogP contribution in [0.3, 0.4) is 0 Å². The van der Waals surface area contributed by atoms with Gasteiger partial charge in [-0.2, -0.15) is 0 Å². The van der Waals surface area contributed by atoms with Crippen molar-refractivity contribution < 1.29 is 8.42 Å². The molecule has 2 aromatic rings. The van der Waals surface area contributed by atoms with Gasteiger partial charge < -0.3 is 5.32 Å². The molecule has 0 aliphatic heterocycles. The Morgan fingerprint density at radius 1 is 1.19 bits per heavy atom. The third-order valence-corrected chi connectivity index (χ3v) is 5.77. The number of hydrogen-bond acceptors (Lipinski definition) is 3. The van der Waals surface area contributed by atoms with Gasteiger partial charge in [0.15, 0.2) is 0 Å². The van der Waals surface area contributed by atoms with Gasteiger partial charge in [0, 0.05) is 20.3 Å². The Morgan fingerprint density at radius 3 is 2.57 bits per heavy atom. The van der Waals surface area contributed by atoms with E-state index in [0.29, 0.717) is 16.7 Å². The molecule has 112 valence electrons. The first kappa shape index (κ1) is 16.7. The molecule has 4 nitrogen and oxygen atoms in total. The third kappa shape index (κ3) is 4.41. The van der Waals surface area contributed by atoms with Gasteiger partial charge >= 0.3 is 0 Å². The largest absolute Gasteiger partial charge is 0.316 e. The second-order valence-electron chi connectivity index (χ2n) is 4.41. The number of sulfonamides is 1. The van der Waals surface area contributed by atoms with Gasteiger partial charge in [-0.15, -0.1) is 0 Å². The minimum absolute atomic E-state index is 0.223. The highest BCUT2D eigenvalue weighted by Gasteiger charge is 2.18. The summed E-state index contributed by atoms with van der Waals surface area (Å²) in [5, 5.41) is 3.03. The smallest absolute Gasteiger partial charge is 0.263 e. The Morgan fingerprint density at radius 2 is 1.95 bits per heavy atom. The van der Waals surface area contributed by atoms with E-state index in [9.17, 15) is 8.42 Å². The van der Waals surface area contributed by atoms with Crippen molar-refractivity contribution in [1.82, 2.24) is 5.32 Å². The summed E-state index contributed by atoms with van der Waals surface area (Å²) < 4.78 is 29.0. The van der Waals surface area contributed by atoms with Crippen LogP contribution in [0.4, 0.5) is 5.69 Å². The maximum atomic E-state index is 12.4. The standard InChI is InChI=1S/C14H14BrIN2O2S/c1-17-9-10-5-6-14(13(15)7-10)21(19,20)18-12-4-2-3-11(16)8-12/h2-8,17-18H,9H2,1H3. The molecule has 0 fully saturated rings. The van der Waals surface area contributed by atoms with Gasteiger partial charge in [0.2, 0.25) is 0 Å². The summed E-state index contributed by atoms with van der Waals surface area (Å²) >= 11 is 5.47. The van der Waals surface area contributed by atoms with Crippen LogP contribution in [-0.2, 0) is 16.6 Å². The fraction of sp³-hybridized carbons (Fsp3) is 0.143. The van der Waals surface area contributed by atoms with Crippen LogP contribution in [0.2, 0.25) is 0 Å². The molecule has 0 radical (unpaired) electrons. The molecule has 0 atom stereocenters. The first-order valence-corrected chi connectivity index (χ1v) is 9.49. The van der Waals surface area contributed by atoms with Gasteiger partial charge in [0.05, 0.1) is 0 Å². The molecule has 2 aromatic carbocycles. The minimum atomic E-state index is -3.61. The van der Waals surface area contributed by atoms with E-state index in [4.69, 9.17) is 0 Å². The number of benzene rings is 2. The highest BCUT2D eigenvalue weighted by molar-refractivity contribution is 14.1. The van der Waals surface area contributed by atoms with Crippen molar-refractivity contribution in [3.8, 4) is 0 Å². The van der Waals surface area contributed by atoms with Crippen molar-refractivity contribution >= 4 is 54.2 Å². The fourth-order valence-corrected chi connectivity index (χ4v) is 4.56. The molecule has 2 rings (SSSR count). The first-order chi connectivity index (χ1) is 9.92. The van der Waals surface area contributed by atoms with Crippen LogP contribution >= 0.6 is 38.5 Å². The Hall–Kier alpha value is -0.640. The van der Waals surface area contributed by atoms with E-state index in [1.165, 1.54) is 0 Å². The molecule has 21 heavy (non-hydrogen) atoms. The van der Waals surface area contributed by atoms with Crippen LogP contribution in [0, 0.1) is 3.57 Å². The topological polar surface area (TPSA) is 58.2 Å². The molecule has 0 saturated carbocycles. The van der Waals surface area contributed by atoms with E-state index in [-0.39, 0.29) is 4.90 Å². The van der Waals surface area contributed by atoms with Gasteiger partial charge in [0.1, 0.15) is 4.90 Å². The zero-order chi connectivity index (χ0) is 15.5. The normalized spacial score (nSPS) is 11.4. The summed E-state index contributed by atoms with van der Waals surface area (Å²) in [5.41, 5.74) is 1.56. The number of anilines is 1. The highest BCUT2D eigenvalue weighted by Crippen LogP contribution is 2.26. The third-order valence-electron chi connectivity index (χ3n) is 2.74. The van der Waals surface area contributed by atoms with Crippen molar-refractivity contribution in [2.24, 2.45) is 0 Å². The van der Waals surface area contributed by atoms with E-state index in [1.54, 1.807) is 30.3 Å². The second kappa shape index (κ2) is 7.08. The van der Waals surface area contributed by atoms with Crippen molar-refractivity contribution in [2.75, 3.05) is 11.8 Å². The highest BCUT2D eigenvalue weighted by atomic mass is 127. The van der Waals surface area contributed by atoms with E-state index in [2.05, 4.69) is 48.6 Å². The maximum absolute atomic E-state index is 12.4. The summed E-state index contributed by atoms with van der Waals surface area (Å²) in [6, 6.07) is 12.4. The Bertz CT molecular complexity index is 750. The van der Waals surface area contributed by atoms with Crippen molar-refractivity contribution in [3.63, 3.8) is 0 Å². The van der Waals surface area contributed by atoms with E-state index >= 15 is 0 Å². The molecular formula is C14H14BrIN2O2S. The molecule has 0 unspecified atom stereocenters. The molecule has 0 saturated heterocycles. The first-order valence-electron chi connectivity index (χ1n) is 6.14. The lowest BCUT2D eigenvalue weighted by atomic mass is 10.2. The molecule has 0 aliphatic carbocycles. The number of hydrogen-bond donors (Lipinski definition) is 2. The summed E-state index contributed by atoms with van der Waals surface area (Å²) in [6.07, 6.45) is 0. The summed E-state index contributed by atoms with van der Waals surface area (Å²) in [6.45, 7) is 0.684. The monoisotopic (exact) mass is 480 g/mol. The fourth-order valence-electron chi connectivity index (χ4n) is 1.84. The average molecular weight is 481 g/mol. The molecule has 2 N–H and O–H groups in total.